The van der Waals surface area contributed by atoms with Gasteiger partial charge < -0.3 is 19.7 Å². The fourth-order valence-electron chi connectivity index (χ4n) is 1.44. The van der Waals surface area contributed by atoms with E-state index in [0.29, 0.717) is 13.2 Å². The third-order valence-electron chi connectivity index (χ3n) is 2.42. The maximum absolute atomic E-state index is 9.63. The zero-order valence-corrected chi connectivity index (χ0v) is 10.5. The standard InChI is InChI=1S/C12H26O4/c1-3-5-6-7-8-15-10-11(14)12(9-13)16-4-2/h11-14H,3-10H2,1-2H3. The van der Waals surface area contributed by atoms with Gasteiger partial charge in [-0.1, -0.05) is 26.2 Å². The van der Waals surface area contributed by atoms with Crippen molar-refractivity contribution in [3.05, 3.63) is 0 Å². The summed E-state index contributed by atoms with van der Waals surface area (Å²) in [6.07, 6.45) is 3.36. The van der Waals surface area contributed by atoms with Crippen molar-refractivity contribution in [2.45, 2.75) is 51.7 Å². The van der Waals surface area contributed by atoms with Crippen molar-refractivity contribution in [3.8, 4) is 0 Å². The van der Waals surface area contributed by atoms with Gasteiger partial charge in [-0.3, -0.25) is 0 Å². The lowest BCUT2D eigenvalue weighted by Gasteiger charge is -2.20. The molecule has 0 bridgehead atoms. The molecular formula is C12H26O4. The normalized spacial score (nSPS) is 15.0. The van der Waals surface area contributed by atoms with E-state index in [9.17, 15) is 5.11 Å². The third kappa shape index (κ3) is 8.05. The van der Waals surface area contributed by atoms with Crippen LogP contribution >= 0.6 is 0 Å². The van der Waals surface area contributed by atoms with Gasteiger partial charge in [0.15, 0.2) is 0 Å². The highest BCUT2D eigenvalue weighted by Gasteiger charge is 2.18. The predicted octanol–water partition coefficient (Wildman–Crippen LogP) is 1.34. The SMILES string of the molecule is CCCCCCOCC(O)C(CO)OCC. The largest absolute Gasteiger partial charge is 0.394 e. The lowest BCUT2D eigenvalue weighted by Crippen LogP contribution is -2.36. The molecule has 16 heavy (non-hydrogen) atoms. The first kappa shape index (κ1) is 15.8. The predicted molar refractivity (Wildman–Crippen MR) is 63.5 cm³/mol. The Morgan fingerprint density at radius 3 is 2.44 bits per heavy atom. The van der Waals surface area contributed by atoms with Gasteiger partial charge in [-0.15, -0.1) is 0 Å². The van der Waals surface area contributed by atoms with E-state index in [0.717, 1.165) is 6.42 Å². The molecule has 2 unspecified atom stereocenters. The van der Waals surface area contributed by atoms with E-state index in [-0.39, 0.29) is 13.2 Å². The summed E-state index contributed by atoms with van der Waals surface area (Å²) in [5, 5.41) is 18.6. The Morgan fingerprint density at radius 2 is 1.88 bits per heavy atom. The van der Waals surface area contributed by atoms with Crippen LogP contribution in [0.25, 0.3) is 0 Å². The number of aliphatic hydroxyl groups is 2. The second-order valence-corrected chi connectivity index (χ2v) is 3.88. The van der Waals surface area contributed by atoms with Gasteiger partial charge in [0, 0.05) is 13.2 Å². The van der Waals surface area contributed by atoms with Crippen LogP contribution in [-0.4, -0.2) is 48.8 Å². The molecule has 4 heteroatoms. The highest BCUT2D eigenvalue weighted by Crippen LogP contribution is 2.02. The molecule has 0 aromatic rings. The van der Waals surface area contributed by atoms with Crippen molar-refractivity contribution in [2.75, 3.05) is 26.4 Å². The molecule has 4 nitrogen and oxygen atoms in total. The molecule has 0 spiro atoms. The van der Waals surface area contributed by atoms with Crippen LogP contribution in [0.4, 0.5) is 0 Å². The second-order valence-electron chi connectivity index (χ2n) is 3.88. The first-order valence-corrected chi connectivity index (χ1v) is 6.24. The van der Waals surface area contributed by atoms with E-state index in [4.69, 9.17) is 14.6 Å². The Bertz CT molecular complexity index is 141. The molecule has 0 aliphatic rings. The maximum Gasteiger partial charge on any atom is 0.109 e. The van der Waals surface area contributed by atoms with Crippen molar-refractivity contribution >= 4 is 0 Å². The molecule has 0 saturated carbocycles. The number of hydrogen-bond donors (Lipinski definition) is 2. The van der Waals surface area contributed by atoms with Crippen molar-refractivity contribution in [1.29, 1.82) is 0 Å². The molecule has 0 rings (SSSR count). The first-order chi connectivity index (χ1) is 7.76. The van der Waals surface area contributed by atoms with Crippen LogP contribution in [0.3, 0.4) is 0 Å². The minimum absolute atomic E-state index is 0.172. The molecular weight excluding hydrogens is 208 g/mol. The zero-order valence-electron chi connectivity index (χ0n) is 10.5. The average Bonchev–Trinajstić information content (AvgIpc) is 2.30. The van der Waals surface area contributed by atoms with E-state index in [2.05, 4.69) is 6.92 Å². The van der Waals surface area contributed by atoms with E-state index in [1.54, 1.807) is 0 Å². The van der Waals surface area contributed by atoms with Crippen LogP contribution in [0.2, 0.25) is 0 Å². The Balaban J connectivity index is 3.43. The monoisotopic (exact) mass is 234 g/mol. The van der Waals surface area contributed by atoms with Crippen molar-refractivity contribution in [2.24, 2.45) is 0 Å². The molecule has 0 saturated heterocycles. The summed E-state index contributed by atoms with van der Waals surface area (Å²) < 4.78 is 10.5. The van der Waals surface area contributed by atoms with Crippen molar-refractivity contribution < 1.29 is 19.7 Å². The Morgan fingerprint density at radius 1 is 1.12 bits per heavy atom. The van der Waals surface area contributed by atoms with E-state index >= 15 is 0 Å². The van der Waals surface area contributed by atoms with Crippen LogP contribution in [0.5, 0.6) is 0 Å². The van der Waals surface area contributed by atoms with Gasteiger partial charge in [-0.2, -0.15) is 0 Å². The fourth-order valence-corrected chi connectivity index (χ4v) is 1.44. The van der Waals surface area contributed by atoms with Crippen LogP contribution in [0, 0.1) is 0 Å². The zero-order chi connectivity index (χ0) is 12.2. The summed E-state index contributed by atoms with van der Waals surface area (Å²) >= 11 is 0. The van der Waals surface area contributed by atoms with E-state index in [1.165, 1.54) is 19.3 Å². The molecule has 0 aromatic carbocycles. The van der Waals surface area contributed by atoms with Gasteiger partial charge >= 0.3 is 0 Å². The molecule has 2 N–H and O–H groups in total. The Kier molecular flexibility index (Phi) is 11.2. The minimum atomic E-state index is -0.740. The van der Waals surface area contributed by atoms with Gasteiger partial charge in [-0.05, 0) is 13.3 Å². The summed E-state index contributed by atoms with van der Waals surface area (Å²) in [7, 11) is 0. The third-order valence-corrected chi connectivity index (χ3v) is 2.42. The van der Waals surface area contributed by atoms with Crippen LogP contribution < -0.4 is 0 Å². The summed E-state index contributed by atoms with van der Waals surface area (Å²) in [6, 6.07) is 0. The molecule has 0 aliphatic heterocycles. The molecule has 0 amide bonds. The maximum atomic E-state index is 9.63. The van der Waals surface area contributed by atoms with Gasteiger partial charge in [0.25, 0.3) is 0 Å². The molecule has 98 valence electrons. The molecule has 0 radical (unpaired) electrons. The number of aliphatic hydroxyl groups excluding tert-OH is 2. The van der Waals surface area contributed by atoms with Crippen molar-refractivity contribution in [3.63, 3.8) is 0 Å². The Labute approximate surface area is 98.6 Å². The fraction of sp³-hybridized carbons (Fsp3) is 1.00. The summed E-state index contributed by atoms with van der Waals surface area (Å²) in [4.78, 5) is 0. The van der Waals surface area contributed by atoms with E-state index < -0.39 is 12.2 Å². The quantitative estimate of drug-likeness (QED) is 0.530. The summed E-state index contributed by atoms with van der Waals surface area (Å²) in [5.41, 5.74) is 0. The second kappa shape index (κ2) is 11.3. The van der Waals surface area contributed by atoms with Crippen molar-refractivity contribution in [1.82, 2.24) is 0 Å². The number of unbranched alkanes of at least 4 members (excludes halogenated alkanes) is 3. The average molecular weight is 234 g/mol. The lowest BCUT2D eigenvalue weighted by molar-refractivity contribution is -0.0877. The van der Waals surface area contributed by atoms with Gasteiger partial charge in [-0.25, -0.2) is 0 Å². The molecule has 0 aromatic heterocycles. The van der Waals surface area contributed by atoms with Gasteiger partial charge in [0.1, 0.15) is 12.2 Å². The Hall–Kier alpha value is -0.160. The van der Waals surface area contributed by atoms with Crippen LogP contribution in [-0.2, 0) is 9.47 Å². The molecule has 0 aliphatic carbocycles. The summed E-state index contributed by atoms with van der Waals surface area (Å²) in [5.74, 6) is 0. The van der Waals surface area contributed by atoms with Gasteiger partial charge in [0.2, 0.25) is 0 Å². The van der Waals surface area contributed by atoms with Crippen LogP contribution in [0.1, 0.15) is 39.5 Å². The minimum Gasteiger partial charge on any atom is -0.394 e. The smallest absolute Gasteiger partial charge is 0.109 e. The topological polar surface area (TPSA) is 58.9 Å². The number of hydrogen-bond acceptors (Lipinski definition) is 4. The lowest BCUT2D eigenvalue weighted by atomic mass is 10.2. The van der Waals surface area contributed by atoms with Crippen LogP contribution in [0.15, 0.2) is 0 Å². The summed E-state index contributed by atoms with van der Waals surface area (Å²) in [6.45, 7) is 5.21. The highest BCUT2D eigenvalue weighted by atomic mass is 16.5. The first-order valence-electron chi connectivity index (χ1n) is 6.24. The highest BCUT2D eigenvalue weighted by molar-refractivity contribution is 4.67. The number of rotatable bonds is 11. The number of ether oxygens (including phenoxy) is 2. The molecule has 2 atom stereocenters. The van der Waals surface area contributed by atoms with Gasteiger partial charge in [0.05, 0.1) is 13.2 Å². The van der Waals surface area contributed by atoms with E-state index in [1.807, 2.05) is 6.92 Å². The molecule has 0 fully saturated rings. The molecule has 0 heterocycles.